The van der Waals surface area contributed by atoms with E-state index in [4.69, 9.17) is 0 Å². The first-order valence-corrected chi connectivity index (χ1v) is 4.59. The first kappa shape index (κ1) is 8.26. The van der Waals surface area contributed by atoms with Crippen molar-refractivity contribution in [3.63, 3.8) is 0 Å². The molecule has 0 aliphatic rings. The molecule has 0 atom stereocenters. The maximum Gasteiger partial charge on any atom is 0.277 e. The van der Waals surface area contributed by atoms with Gasteiger partial charge >= 0.3 is 0 Å². The zero-order valence-corrected chi connectivity index (χ0v) is 6.40. The van der Waals surface area contributed by atoms with E-state index in [1.54, 1.807) is 0 Å². The predicted octanol–water partition coefficient (Wildman–Crippen LogP) is 1.13. The van der Waals surface area contributed by atoms with Crippen molar-refractivity contribution >= 4 is 9.84 Å². The molecule has 0 amide bonds. The second-order valence-corrected chi connectivity index (χ2v) is 3.87. The first-order valence-electron chi connectivity index (χ1n) is 2.77. The number of hydrogen-bond acceptors (Lipinski definition) is 3. The maximum absolute atomic E-state index is 12.1. The van der Waals surface area contributed by atoms with Gasteiger partial charge in [-0.3, -0.25) is 0 Å². The minimum atomic E-state index is -3.37. The topological polar surface area (TPSA) is 47.3 Å². The summed E-state index contributed by atoms with van der Waals surface area (Å²) in [6, 6.07) is 1.53. The molecular weight excluding hydrogens is 171 g/mol. The number of sulfone groups is 1. The molecule has 1 aromatic heterocycles. The molecule has 3 nitrogen and oxygen atoms in total. The van der Waals surface area contributed by atoms with E-state index in [0.29, 0.717) is 0 Å². The highest BCUT2D eigenvalue weighted by Crippen LogP contribution is 2.09. The first-order chi connectivity index (χ1) is 4.97. The molecule has 5 heteroatoms. The van der Waals surface area contributed by atoms with E-state index in [9.17, 15) is 12.8 Å². The Morgan fingerprint density at radius 1 is 1.55 bits per heavy atom. The summed E-state index contributed by atoms with van der Waals surface area (Å²) in [7, 11) is -3.37. The number of hydrogen-bond donors (Lipinski definition) is 0. The lowest BCUT2D eigenvalue weighted by Gasteiger charge is -1.90. The van der Waals surface area contributed by atoms with Crippen LogP contribution in [-0.2, 0) is 15.6 Å². The Kier molecular flexibility index (Phi) is 1.99. The Morgan fingerprint density at radius 3 is 2.55 bits per heavy atom. The lowest BCUT2D eigenvalue weighted by atomic mass is 10.5. The van der Waals surface area contributed by atoms with E-state index in [0.717, 1.165) is 6.07 Å². The van der Waals surface area contributed by atoms with Crippen LogP contribution >= 0.6 is 0 Å². The molecule has 0 N–H and O–H groups in total. The Morgan fingerprint density at radius 2 is 2.18 bits per heavy atom. The summed E-state index contributed by atoms with van der Waals surface area (Å²) in [5, 5.41) is 0. The third-order valence-corrected chi connectivity index (χ3v) is 1.72. The Balaban J connectivity index is 2.81. The van der Waals surface area contributed by atoms with Crippen LogP contribution in [0.1, 0.15) is 5.76 Å². The van der Waals surface area contributed by atoms with Gasteiger partial charge < -0.3 is 4.42 Å². The highest BCUT2D eigenvalue weighted by atomic mass is 32.2. The molecule has 0 aromatic carbocycles. The highest BCUT2D eigenvalue weighted by Gasteiger charge is 2.08. The number of rotatable bonds is 2. The third-order valence-electron chi connectivity index (χ3n) is 0.991. The summed E-state index contributed by atoms with van der Waals surface area (Å²) in [5.74, 6) is -0.297. The molecule has 1 heterocycles. The number of furan rings is 1. The fourth-order valence-corrected chi connectivity index (χ4v) is 1.23. The quantitative estimate of drug-likeness (QED) is 0.680. The molecule has 61 valence electrons. The molecule has 1 aromatic rings. The van der Waals surface area contributed by atoms with Gasteiger partial charge in [-0.05, 0) is 6.07 Å². The van der Waals surface area contributed by atoms with Crippen molar-refractivity contribution in [3.8, 4) is 0 Å². The van der Waals surface area contributed by atoms with Gasteiger partial charge in [-0.1, -0.05) is 0 Å². The van der Waals surface area contributed by atoms with Crippen molar-refractivity contribution in [1.82, 2.24) is 0 Å². The summed E-state index contributed by atoms with van der Waals surface area (Å²) in [6.07, 6.45) is 2.86. The third kappa shape index (κ3) is 2.71. The fraction of sp³-hybridized carbons (Fsp3) is 0.167. The van der Waals surface area contributed by atoms with Gasteiger partial charge in [0.25, 0.3) is 6.01 Å². The van der Waals surface area contributed by atoms with Crippen LogP contribution in [0.3, 0.4) is 0 Å². The average Bonchev–Trinajstić information content (AvgIpc) is 2.10. The highest BCUT2D eigenvalue weighted by molar-refractivity contribution is 7.91. The van der Waals surface area contributed by atoms with Crippen molar-refractivity contribution in [1.29, 1.82) is 0 Å². The molecule has 11 heavy (non-hydrogen) atoms. The summed E-state index contributed by atoms with van der Waals surface area (Å²) >= 11 is 0. The SMILES string of the molecule is [CH2]S(=O)(=O)Cc1ccc(F)o1. The standard InChI is InChI=1S/C6H6FO3S/c1-11(8,9)4-5-2-3-6(7)10-5/h2-3H,1,4H2. The smallest absolute Gasteiger partial charge is 0.277 e. The van der Waals surface area contributed by atoms with Crippen molar-refractivity contribution in [2.24, 2.45) is 0 Å². The van der Waals surface area contributed by atoms with E-state index >= 15 is 0 Å². The van der Waals surface area contributed by atoms with Crippen molar-refractivity contribution in [2.75, 3.05) is 0 Å². The second-order valence-electron chi connectivity index (χ2n) is 2.09. The molecular formula is C6H6FO3S. The van der Waals surface area contributed by atoms with Crippen molar-refractivity contribution in [3.05, 3.63) is 30.2 Å². The van der Waals surface area contributed by atoms with Crippen molar-refractivity contribution < 1.29 is 17.2 Å². The van der Waals surface area contributed by atoms with Crippen LogP contribution in [0.15, 0.2) is 16.5 Å². The van der Waals surface area contributed by atoms with Gasteiger partial charge in [0.05, 0.1) is 6.26 Å². The van der Waals surface area contributed by atoms with Crippen LogP contribution in [-0.4, -0.2) is 8.42 Å². The largest absolute Gasteiger partial charge is 0.435 e. The normalized spacial score (nSPS) is 11.8. The lowest BCUT2D eigenvalue weighted by molar-refractivity contribution is 0.343. The fourth-order valence-electron chi connectivity index (χ4n) is 0.646. The van der Waals surface area contributed by atoms with E-state index in [1.165, 1.54) is 6.07 Å². The molecule has 1 radical (unpaired) electrons. The van der Waals surface area contributed by atoms with Crippen LogP contribution in [0.5, 0.6) is 0 Å². The Bertz CT molecular complexity index is 338. The molecule has 1 rings (SSSR count). The van der Waals surface area contributed by atoms with E-state index < -0.39 is 15.9 Å². The summed E-state index contributed by atoms with van der Waals surface area (Å²) in [6.45, 7) is 0. The summed E-state index contributed by atoms with van der Waals surface area (Å²) in [5.41, 5.74) is 0. The van der Waals surface area contributed by atoms with Crippen LogP contribution in [0.2, 0.25) is 0 Å². The zero-order valence-electron chi connectivity index (χ0n) is 5.58. The lowest BCUT2D eigenvalue weighted by Crippen LogP contribution is -1.96. The van der Waals surface area contributed by atoms with E-state index in [2.05, 4.69) is 10.7 Å². The second kappa shape index (κ2) is 2.65. The molecule has 0 bridgehead atoms. The van der Waals surface area contributed by atoms with Crippen LogP contribution < -0.4 is 0 Å². The van der Waals surface area contributed by atoms with E-state index in [1.807, 2.05) is 0 Å². The zero-order chi connectivity index (χ0) is 8.48. The van der Waals surface area contributed by atoms with Gasteiger partial charge in [0.2, 0.25) is 0 Å². The summed E-state index contributed by atoms with van der Waals surface area (Å²) < 4.78 is 37.5. The molecule has 0 aliphatic carbocycles. The molecule has 0 fully saturated rings. The summed E-state index contributed by atoms with van der Waals surface area (Å²) in [4.78, 5) is 0. The number of halogens is 1. The van der Waals surface area contributed by atoms with Gasteiger partial charge in [-0.2, -0.15) is 4.39 Å². The van der Waals surface area contributed by atoms with Gasteiger partial charge in [0.1, 0.15) is 11.5 Å². The molecule has 0 saturated heterocycles. The molecule has 0 aliphatic heterocycles. The minimum absolute atomic E-state index is 0.0671. The molecule has 0 saturated carbocycles. The van der Waals surface area contributed by atoms with Gasteiger partial charge in [0, 0.05) is 6.07 Å². The van der Waals surface area contributed by atoms with Gasteiger partial charge in [-0.25, -0.2) is 8.42 Å². The Labute approximate surface area is 63.7 Å². The average molecular weight is 177 g/mol. The Hall–Kier alpha value is -0.840. The van der Waals surface area contributed by atoms with Gasteiger partial charge in [0.15, 0.2) is 9.84 Å². The predicted molar refractivity (Wildman–Crippen MR) is 36.6 cm³/mol. The monoisotopic (exact) mass is 177 g/mol. The van der Waals surface area contributed by atoms with Crippen LogP contribution in [0.4, 0.5) is 4.39 Å². The molecule has 0 spiro atoms. The van der Waals surface area contributed by atoms with Gasteiger partial charge in [-0.15, -0.1) is 0 Å². The minimum Gasteiger partial charge on any atom is -0.435 e. The molecule has 0 unspecified atom stereocenters. The van der Waals surface area contributed by atoms with Crippen molar-refractivity contribution in [2.45, 2.75) is 5.75 Å². The van der Waals surface area contributed by atoms with Crippen LogP contribution in [0, 0.1) is 12.3 Å². The van der Waals surface area contributed by atoms with E-state index in [-0.39, 0.29) is 11.5 Å². The van der Waals surface area contributed by atoms with Crippen LogP contribution in [0.25, 0.3) is 0 Å². The maximum atomic E-state index is 12.1.